The standard InChI is InChI=1S/C17H22N4O4/c1-23-11-15-19-16(20-25-15)13-6-4-3-5-9-21(13)17(22)12-7-8-14(24-2)18-10-12/h7-8,10,13H,3-6,9,11H2,1-2H3. The van der Waals surface area contributed by atoms with Crippen molar-refractivity contribution in [3.8, 4) is 5.88 Å². The summed E-state index contributed by atoms with van der Waals surface area (Å²) in [5.41, 5.74) is 0.522. The molecule has 1 atom stereocenters. The van der Waals surface area contributed by atoms with Crippen LogP contribution in [0.25, 0.3) is 0 Å². The number of nitrogens with zero attached hydrogens (tertiary/aromatic N) is 4. The van der Waals surface area contributed by atoms with Crippen LogP contribution >= 0.6 is 0 Å². The Morgan fingerprint density at radius 3 is 2.92 bits per heavy atom. The lowest BCUT2D eigenvalue weighted by Gasteiger charge is -2.27. The van der Waals surface area contributed by atoms with Crippen LogP contribution in [0, 0.1) is 0 Å². The van der Waals surface area contributed by atoms with E-state index in [0.29, 0.717) is 29.7 Å². The maximum Gasteiger partial charge on any atom is 0.256 e. The summed E-state index contributed by atoms with van der Waals surface area (Å²) in [5, 5.41) is 4.06. The predicted octanol–water partition coefficient (Wildman–Crippen LogP) is 2.38. The molecular weight excluding hydrogens is 324 g/mol. The van der Waals surface area contributed by atoms with Gasteiger partial charge in [-0.05, 0) is 18.9 Å². The van der Waals surface area contributed by atoms with Crippen LogP contribution in [0.3, 0.4) is 0 Å². The van der Waals surface area contributed by atoms with Crippen LogP contribution in [0.15, 0.2) is 22.9 Å². The fourth-order valence-corrected chi connectivity index (χ4v) is 3.00. The van der Waals surface area contributed by atoms with Crippen LogP contribution in [0.4, 0.5) is 0 Å². The van der Waals surface area contributed by atoms with Gasteiger partial charge in [0.1, 0.15) is 6.61 Å². The number of carbonyl (C=O) groups excluding carboxylic acids is 1. The summed E-state index contributed by atoms with van der Waals surface area (Å²) in [6.07, 6.45) is 5.39. The molecule has 0 aliphatic carbocycles. The molecule has 2 aromatic heterocycles. The van der Waals surface area contributed by atoms with Crippen molar-refractivity contribution in [2.24, 2.45) is 0 Å². The highest BCUT2D eigenvalue weighted by Gasteiger charge is 2.31. The zero-order chi connectivity index (χ0) is 17.6. The number of ether oxygens (including phenoxy) is 2. The summed E-state index contributed by atoms with van der Waals surface area (Å²) in [5.74, 6) is 1.34. The largest absolute Gasteiger partial charge is 0.481 e. The highest BCUT2D eigenvalue weighted by atomic mass is 16.5. The van der Waals surface area contributed by atoms with Gasteiger partial charge < -0.3 is 18.9 Å². The van der Waals surface area contributed by atoms with E-state index in [9.17, 15) is 4.79 Å². The summed E-state index contributed by atoms with van der Waals surface area (Å²) < 4.78 is 15.3. The van der Waals surface area contributed by atoms with E-state index in [4.69, 9.17) is 14.0 Å². The molecule has 0 spiro atoms. The molecule has 25 heavy (non-hydrogen) atoms. The SMILES string of the molecule is COCc1nc(C2CCCCCN2C(=O)c2ccc(OC)nc2)no1. The summed E-state index contributed by atoms with van der Waals surface area (Å²) in [4.78, 5) is 23.3. The molecule has 0 aromatic carbocycles. The van der Waals surface area contributed by atoms with Crippen molar-refractivity contribution in [1.82, 2.24) is 20.0 Å². The van der Waals surface area contributed by atoms with Gasteiger partial charge >= 0.3 is 0 Å². The molecule has 1 fully saturated rings. The Balaban J connectivity index is 1.84. The average molecular weight is 346 g/mol. The van der Waals surface area contributed by atoms with Gasteiger partial charge in [-0.25, -0.2) is 4.98 Å². The van der Waals surface area contributed by atoms with Gasteiger partial charge in [0.25, 0.3) is 11.8 Å². The molecule has 2 aromatic rings. The van der Waals surface area contributed by atoms with Gasteiger partial charge in [0.15, 0.2) is 5.82 Å². The minimum atomic E-state index is -0.202. The lowest BCUT2D eigenvalue weighted by Crippen LogP contribution is -2.35. The molecular formula is C17H22N4O4. The Hall–Kier alpha value is -2.48. The van der Waals surface area contributed by atoms with Crippen molar-refractivity contribution in [2.45, 2.75) is 38.3 Å². The molecule has 1 aliphatic rings. The Bertz CT molecular complexity index is 701. The monoisotopic (exact) mass is 346 g/mol. The molecule has 134 valence electrons. The Kier molecular flexibility index (Phi) is 5.60. The lowest BCUT2D eigenvalue weighted by molar-refractivity contribution is 0.0670. The van der Waals surface area contributed by atoms with Crippen molar-refractivity contribution >= 4 is 5.91 Å². The van der Waals surface area contributed by atoms with Gasteiger partial charge in [0, 0.05) is 25.9 Å². The van der Waals surface area contributed by atoms with E-state index in [1.54, 1.807) is 26.4 Å². The fourth-order valence-electron chi connectivity index (χ4n) is 3.00. The Morgan fingerprint density at radius 1 is 1.32 bits per heavy atom. The molecule has 0 N–H and O–H groups in total. The van der Waals surface area contributed by atoms with Gasteiger partial charge in [-0.3, -0.25) is 4.79 Å². The Labute approximate surface area is 146 Å². The summed E-state index contributed by atoms with van der Waals surface area (Å²) in [6.45, 7) is 0.916. The van der Waals surface area contributed by atoms with Gasteiger partial charge in [-0.15, -0.1) is 0 Å². The van der Waals surface area contributed by atoms with Crippen molar-refractivity contribution in [2.75, 3.05) is 20.8 Å². The van der Waals surface area contributed by atoms with Crippen LogP contribution < -0.4 is 4.74 Å². The molecule has 1 unspecified atom stereocenters. The Morgan fingerprint density at radius 2 is 2.20 bits per heavy atom. The molecule has 1 aliphatic heterocycles. The second-order valence-electron chi connectivity index (χ2n) is 5.93. The number of aromatic nitrogens is 3. The van der Waals surface area contributed by atoms with Crippen molar-refractivity contribution in [3.05, 3.63) is 35.6 Å². The molecule has 8 heteroatoms. The predicted molar refractivity (Wildman–Crippen MR) is 88.0 cm³/mol. The highest BCUT2D eigenvalue weighted by Crippen LogP contribution is 2.30. The smallest absolute Gasteiger partial charge is 0.256 e. The van der Waals surface area contributed by atoms with E-state index in [0.717, 1.165) is 25.7 Å². The van der Waals surface area contributed by atoms with E-state index in [1.165, 1.54) is 6.20 Å². The van der Waals surface area contributed by atoms with E-state index in [1.807, 2.05) is 4.90 Å². The van der Waals surface area contributed by atoms with Gasteiger partial charge in [0.2, 0.25) is 5.88 Å². The van der Waals surface area contributed by atoms with E-state index in [2.05, 4.69) is 15.1 Å². The third-order valence-corrected chi connectivity index (χ3v) is 4.26. The molecule has 1 saturated heterocycles. The number of carbonyl (C=O) groups is 1. The van der Waals surface area contributed by atoms with Gasteiger partial charge in [0.05, 0.1) is 18.7 Å². The maximum absolute atomic E-state index is 13.0. The number of hydrogen-bond donors (Lipinski definition) is 0. The summed E-state index contributed by atoms with van der Waals surface area (Å²) in [7, 11) is 3.12. The number of amides is 1. The molecule has 0 saturated carbocycles. The van der Waals surface area contributed by atoms with Crippen LogP contribution in [-0.4, -0.2) is 46.7 Å². The number of pyridine rings is 1. The average Bonchev–Trinajstić information content (AvgIpc) is 2.97. The number of likely N-dealkylation sites (tertiary alicyclic amines) is 1. The summed E-state index contributed by atoms with van der Waals surface area (Å²) >= 11 is 0. The van der Waals surface area contributed by atoms with Crippen LogP contribution in [0.2, 0.25) is 0 Å². The molecule has 0 bridgehead atoms. The first-order chi connectivity index (χ1) is 12.2. The van der Waals surface area contributed by atoms with Crippen LogP contribution in [0.1, 0.15) is 53.8 Å². The first kappa shape index (κ1) is 17.3. The normalized spacial score (nSPS) is 18.0. The zero-order valence-corrected chi connectivity index (χ0v) is 14.5. The first-order valence-electron chi connectivity index (χ1n) is 8.35. The zero-order valence-electron chi connectivity index (χ0n) is 14.5. The molecule has 3 heterocycles. The molecule has 8 nitrogen and oxygen atoms in total. The quantitative estimate of drug-likeness (QED) is 0.821. The third kappa shape index (κ3) is 3.96. The number of methoxy groups -OCH3 is 2. The second kappa shape index (κ2) is 8.06. The van der Waals surface area contributed by atoms with Crippen molar-refractivity contribution < 1.29 is 18.8 Å². The molecule has 0 radical (unpaired) electrons. The van der Waals surface area contributed by atoms with Gasteiger partial charge in [-0.1, -0.05) is 18.0 Å². The minimum Gasteiger partial charge on any atom is -0.481 e. The second-order valence-corrected chi connectivity index (χ2v) is 5.93. The van der Waals surface area contributed by atoms with Gasteiger partial charge in [-0.2, -0.15) is 4.98 Å². The van der Waals surface area contributed by atoms with Crippen molar-refractivity contribution in [1.29, 1.82) is 0 Å². The van der Waals surface area contributed by atoms with Crippen LogP contribution in [-0.2, 0) is 11.3 Å². The lowest BCUT2D eigenvalue weighted by atomic mass is 10.1. The number of rotatable bonds is 5. The minimum absolute atomic E-state index is 0.0832. The third-order valence-electron chi connectivity index (χ3n) is 4.26. The van der Waals surface area contributed by atoms with E-state index >= 15 is 0 Å². The topological polar surface area (TPSA) is 90.6 Å². The number of hydrogen-bond acceptors (Lipinski definition) is 7. The summed E-state index contributed by atoms with van der Waals surface area (Å²) in [6, 6.07) is 3.21. The fraction of sp³-hybridized carbons (Fsp3) is 0.529. The van der Waals surface area contributed by atoms with Crippen LogP contribution in [0.5, 0.6) is 5.88 Å². The molecule has 1 amide bonds. The first-order valence-corrected chi connectivity index (χ1v) is 8.35. The highest BCUT2D eigenvalue weighted by molar-refractivity contribution is 5.94. The van der Waals surface area contributed by atoms with E-state index in [-0.39, 0.29) is 18.6 Å². The van der Waals surface area contributed by atoms with Crippen molar-refractivity contribution in [3.63, 3.8) is 0 Å². The maximum atomic E-state index is 13.0. The van der Waals surface area contributed by atoms with E-state index < -0.39 is 0 Å². The molecule has 3 rings (SSSR count).